The molecule has 1 atom stereocenters. The summed E-state index contributed by atoms with van der Waals surface area (Å²) < 4.78 is 38.7. The van der Waals surface area contributed by atoms with Crippen LogP contribution in [0.1, 0.15) is 117 Å². The fourth-order valence-electron chi connectivity index (χ4n) is 3.21. The van der Waals surface area contributed by atoms with Crippen LogP contribution >= 0.6 is 0 Å². The summed E-state index contributed by atoms with van der Waals surface area (Å²) in [5.41, 5.74) is 0. The van der Waals surface area contributed by atoms with Gasteiger partial charge in [-0.1, -0.05) is 96.8 Å². The van der Waals surface area contributed by atoms with E-state index >= 15 is 0 Å². The van der Waals surface area contributed by atoms with Gasteiger partial charge in [0.05, 0.1) is 6.10 Å². The molecule has 0 rings (SSSR count). The number of ether oxygens (including phenoxy) is 1. The van der Waals surface area contributed by atoms with Gasteiger partial charge in [-0.15, -0.1) is 0 Å². The van der Waals surface area contributed by atoms with Gasteiger partial charge >= 0.3 is 35.5 Å². The summed E-state index contributed by atoms with van der Waals surface area (Å²) in [6.07, 6.45) is 16.4. The van der Waals surface area contributed by atoms with Crippen LogP contribution in [-0.4, -0.2) is 30.3 Å². The first-order valence-corrected chi connectivity index (χ1v) is 12.4. The number of hydrogen-bond donors (Lipinski definition) is 0. The predicted octanol–water partition coefficient (Wildman–Crippen LogP) is 2.73. The van der Waals surface area contributed by atoms with Crippen molar-refractivity contribution in [2.24, 2.45) is 0 Å². The minimum Gasteiger partial charge on any atom is -0.747 e. The summed E-state index contributed by atoms with van der Waals surface area (Å²) in [5, 5.41) is -1.56. The Morgan fingerprint density at radius 1 is 0.786 bits per heavy atom. The number of hydrogen-bond acceptors (Lipinski definition) is 5. The van der Waals surface area contributed by atoms with Crippen molar-refractivity contribution in [2.45, 2.75) is 128 Å². The molecule has 0 aliphatic heterocycles. The van der Waals surface area contributed by atoms with E-state index in [-0.39, 0.29) is 36.0 Å². The van der Waals surface area contributed by atoms with Crippen molar-refractivity contribution in [1.82, 2.24) is 0 Å². The molecule has 0 heterocycles. The van der Waals surface area contributed by atoms with Crippen LogP contribution in [0.25, 0.3) is 0 Å². The molecule has 5 nitrogen and oxygen atoms in total. The maximum atomic E-state index is 11.8. The third-order valence-electron chi connectivity index (χ3n) is 4.78. The zero-order chi connectivity index (χ0) is 20.5. The molecule has 0 fully saturated rings. The van der Waals surface area contributed by atoms with Crippen LogP contribution < -0.4 is 29.6 Å². The van der Waals surface area contributed by atoms with E-state index in [9.17, 15) is 17.8 Å². The first-order valence-electron chi connectivity index (χ1n) is 10.9. The molecule has 1 unspecified atom stereocenters. The van der Waals surface area contributed by atoms with Crippen molar-refractivity contribution in [3.05, 3.63) is 0 Å². The van der Waals surface area contributed by atoms with Gasteiger partial charge in [-0.05, 0) is 20.3 Å². The summed E-state index contributed by atoms with van der Waals surface area (Å²) in [4.78, 5) is 11.8. The molecule has 0 aliphatic rings. The Kier molecular flexibility index (Phi) is 21.1. The molecule has 0 aliphatic carbocycles. The first-order chi connectivity index (χ1) is 12.8. The zero-order valence-corrected chi connectivity index (χ0v) is 21.5. The molecule has 0 N–H and O–H groups in total. The molecule has 0 aromatic heterocycles. The van der Waals surface area contributed by atoms with E-state index in [0.29, 0.717) is 6.42 Å². The SMILES string of the molecule is CCCCCCCCCCCCCCCCC(C(=O)OC(C)C)S(=O)(=O)[O-].[Na+]. The predicted molar refractivity (Wildman–Crippen MR) is 110 cm³/mol. The molecule has 7 heteroatoms. The monoisotopic (exact) mass is 428 g/mol. The van der Waals surface area contributed by atoms with Crippen LogP contribution in [0.4, 0.5) is 0 Å². The van der Waals surface area contributed by atoms with E-state index in [0.717, 1.165) is 19.3 Å². The number of rotatable bonds is 18. The Labute approximate surface area is 195 Å². The molecule has 0 spiro atoms. The van der Waals surface area contributed by atoms with E-state index < -0.39 is 27.4 Å². The minimum atomic E-state index is -4.65. The van der Waals surface area contributed by atoms with E-state index in [1.54, 1.807) is 13.8 Å². The molecule has 0 saturated heterocycles. The molecular weight excluding hydrogens is 387 g/mol. The van der Waals surface area contributed by atoms with Gasteiger partial charge in [0, 0.05) is 0 Å². The van der Waals surface area contributed by atoms with Gasteiger partial charge in [0.15, 0.2) is 0 Å². The van der Waals surface area contributed by atoms with Crippen molar-refractivity contribution in [2.75, 3.05) is 0 Å². The smallest absolute Gasteiger partial charge is 0.747 e. The van der Waals surface area contributed by atoms with E-state index in [1.165, 1.54) is 64.2 Å². The number of carbonyl (C=O) groups is 1. The minimum absolute atomic E-state index is 0. The Balaban J connectivity index is 0. The summed E-state index contributed by atoms with van der Waals surface area (Å²) in [6, 6.07) is 0. The van der Waals surface area contributed by atoms with Crippen LogP contribution in [0, 0.1) is 0 Å². The number of carbonyl (C=O) groups excluding carboxylic acids is 1. The van der Waals surface area contributed by atoms with E-state index in [4.69, 9.17) is 4.74 Å². The van der Waals surface area contributed by atoms with Crippen LogP contribution in [0.2, 0.25) is 0 Å². The summed E-state index contributed by atoms with van der Waals surface area (Å²) in [5.74, 6) is -0.908. The van der Waals surface area contributed by atoms with Gasteiger partial charge in [0.1, 0.15) is 15.4 Å². The van der Waals surface area contributed by atoms with E-state index in [1.807, 2.05) is 0 Å². The van der Waals surface area contributed by atoms with Gasteiger partial charge in [-0.25, -0.2) is 8.42 Å². The topological polar surface area (TPSA) is 83.5 Å². The quantitative estimate of drug-likeness (QED) is 0.145. The van der Waals surface area contributed by atoms with Crippen LogP contribution in [0.3, 0.4) is 0 Å². The largest absolute Gasteiger partial charge is 1.00 e. The van der Waals surface area contributed by atoms with Gasteiger partial charge in [-0.3, -0.25) is 4.79 Å². The fraction of sp³-hybridized carbons (Fsp3) is 0.952. The molecule has 0 amide bonds. The van der Waals surface area contributed by atoms with Gasteiger partial charge in [0.2, 0.25) is 0 Å². The molecule has 0 bridgehead atoms. The van der Waals surface area contributed by atoms with Crippen LogP contribution in [0.15, 0.2) is 0 Å². The summed E-state index contributed by atoms with van der Waals surface area (Å²) in [7, 11) is -4.65. The fourth-order valence-corrected chi connectivity index (χ4v) is 3.96. The van der Waals surface area contributed by atoms with Gasteiger partial charge < -0.3 is 9.29 Å². The second-order valence-electron chi connectivity index (χ2n) is 7.85. The zero-order valence-electron chi connectivity index (χ0n) is 18.7. The Bertz CT molecular complexity index is 465. The van der Waals surface area contributed by atoms with Crippen molar-refractivity contribution in [1.29, 1.82) is 0 Å². The summed E-state index contributed by atoms with van der Waals surface area (Å²) in [6.45, 7) is 5.52. The van der Waals surface area contributed by atoms with Crippen LogP contribution in [0.5, 0.6) is 0 Å². The van der Waals surface area contributed by atoms with Gasteiger partial charge in [-0.2, -0.15) is 0 Å². The second-order valence-corrected chi connectivity index (χ2v) is 9.41. The summed E-state index contributed by atoms with van der Waals surface area (Å²) >= 11 is 0. The van der Waals surface area contributed by atoms with Crippen molar-refractivity contribution in [3.8, 4) is 0 Å². The Morgan fingerprint density at radius 2 is 1.14 bits per heavy atom. The maximum Gasteiger partial charge on any atom is 1.00 e. The average Bonchev–Trinajstić information content (AvgIpc) is 2.56. The van der Waals surface area contributed by atoms with E-state index in [2.05, 4.69) is 6.92 Å². The molecule has 0 aromatic carbocycles. The number of unbranched alkanes of at least 4 members (excludes halogenated alkanes) is 13. The Morgan fingerprint density at radius 3 is 1.46 bits per heavy atom. The second kappa shape index (κ2) is 19.3. The van der Waals surface area contributed by atoms with Gasteiger partial charge in [0.25, 0.3) is 0 Å². The average molecular weight is 429 g/mol. The molecule has 28 heavy (non-hydrogen) atoms. The Hall–Kier alpha value is 0.380. The van der Waals surface area contributed by atoms with Crippen molar-refractivity contribution in [3.63, 3.8) is 0 Å². The number of esters is 1. The molecule has 0 saturated carbocycles. The third-order valence-corrected chi connectivity index (χ3v) is 5.91. The standard InChI is InChI=1S/C21H42O5S.Na/c1-4-5-6-7-8-9-10-11-12-13-14-15-16-17-18-20(27(23,24)25)21(22)26-19(2)3;/h19-20H,4-18H2,1-3H3,(H,23,24,25);/q;+1/p-1. The molecule has 162 valence electrons. The molecule has 0 aromatic rings. The first kappa shape index (κ1) is 30.6. The van der Waals surface area contributed by atoms with Crippen molar-refractivity contribution < 1.29 is 52.1 Å². The maximum absolute atomic E-state index is 11.8. The van der Waals surface area contributed by atoms with Crippen LogP contribution in [-0.2, 0) is 19.6 Å². The van der Waals surface area contributed by atoms with Crippen molar-refractivity contribution >= 4 is 16.1 Å². The molecule has 0 radical (unpaired) electrons. The normalized spacial score (nSPS) is 12.6. The molecular formula is C21H41NaO5S. The third kappa shape index (κ3) is 18.4.